The molecule has 0 aliphatic heterocycles. The third-order valence-corrected chi connectivity index (χ3v) is 2.87. The van der Waals surface area contributed by atoms with Crippen molar-refractivity contribution >= 4 is 11.4 Å². The maximum Gasteiger partial charge on any atom is 0.0860 e. The van der Waals surface area contributed by atoms with E-state index < -0.39 is 0 Å². The van der Waals surface area contributed by atoms with Crippen LogP contribution in [0.4, 0.5) is 11.4 Å². The number of nitrogens with two attached hydrogens (primary N) is 1. The molecule has 0 aromatic heterocycles. The van der Waals surface area contributed by atoms with Crippen LogP contribution < -0.4 is 5.73 Å². The van der Waals surface area contributed by atoms with E-state index in [-0.39, 0.29) is 0 Å². The van der Waals surface area contributed by atoms with E-state index in [1.54, 1.807) is 0 Å². The third kappa shape index (κ3) is 3.02. The molecule has 18 heavy (non-hydrogen) atoms. The van der Waals surface area contributed by atoms with Crippen molar-refractivity contribution in [3.05, 3.63) is 59.2 Å². The quantitative estimate of drug-likeness (QED) is 0.802. The van der Waals surface area contributed by atoms with Crippen molar-refractivity contribution in [2.75, 3.05) is 0 Å². The molecule has 0 fully saturated rings. The molecule has 0 radical (unpaired) electrons. The lowest BCUT2D eigenvalue weighted by Gasteiger charge is -2.02. The number of aryl methyl sites for hydroxylation is 2. The van der Waals surface area contributed by atoms with Gasteiger partial charge in [0.2, 0.25) is 0 Å². The summed E-state index contributed by atoms with van der Waals surface area (Å²) in [6, 6.07) is 13.9. The molecule has 0 aliphatic carbocycles. The van der Waals surface area contributed by atoms with Gasteiger partial charge in [0.1, 0.15) is 0 Å². The first-order valence-electron chi connectivity index (χ1n) is 5.97. The lowest BCUT2D eigenvalue weighted by Crippen LogP contribution is -1.98. The Hall–Kier alpha value is -2.00. The number of hydrogen-bond acceptors (Lipinski definition) is 3. The number of nitrogens with zero attached hydrogens (tertiary/aromatic N) is 2. The second kappa shape index (κ2) is 5.56. The molecule has 0 heterocycles. The molecule has 0 bridgehead atoms. The summed E-state index contributed by atoms with van der Waals surface area (Å²) in [4.78, 5) is 0. The molecule has 2 aromatic rings. The van der Waals surface area contributed by atoms with Gasteiger partial charge in [0.25, 0.3) is 0 Å². The minimum Gasteiger partial charge on any atom is -0.326 e. The highest BCUT2D eigenvalue weighted by Gasteiger charge is 1.97. The Bertz CT molecular complexity index is 556. The highest BCUT2D eigenvalue weighted by molar-refractivity contribution is 5.45. The lowest BCUT2D eigenvalue weighted by molar-refractivity contribution is 1.05. The smallest absolute Gasteiger partial charge is 0.0860 e. The Labute approximate surface area is 107 Å². The number of benzene rings is 2. The fourth-order valence-electron chi connectivity index (χ4n) is 1.67. The third-order valence-electron chi connectivity index (χ3n) is 2.87. The SMILES string of the molecule is Cc1ccc(N=Nc2ccc(C)c(CN)c2)cc1. The summed E-state index contributed by atoms with van der Waals surface area (Å²) in [5.41, 5.74) is 10.9. The van der Waals surface area contributed by atoms with Gasteiger partial charge >= 0.3 is 0 Å². The molecule has 2 rings (SSSR count). The maximum atomic E-state index is 5.67. The van der Waals surface area contributed by atoms with Crippen LogP contribution in [0.25, 0.3) is 0 Å². The second-order valence-electron chi connectivity index (χ2n) is 4.35. The van der Waals surface area contributed by atoms with Crippen LogP contribution in [-0.4, -0.2) is 0 Å². The highest BCUT2D eigenvalue weighted by Crippen LogP contribution is 2.21. The van der Waals surface area contributed by atoms with Gasteiger partial charge in [0, 0.05) is 6.54 Å². The first kappa shape index (κ1) is 12.5. The lowest BCUT2D eigenvalue weighted by atomic mass is 10.1. The Kier molecular flexibility index (Phi) is 3.85. The van der Waals surface area contributed by atoms with Gasteiger partial charge in [-0.25, -0.2) is 0 Å². The van der Waals surface area contributed by atoms with Crippen LogP contribution in [0.1, 0.15) is 16.7 Å². The highest BCUT2D eigenvalue weighted by atomic mass is 15.1. The molecule has 2 N–H and O–H groups in total. The summed E-state index contributed by atoms with van der Waals surface area (Å²) in [7, 11) is 0. The average molecular weight is 239 g/mol. The molecule has 0 amide bonds. The molecule has 0 spiro atoms. The van der Waals surface area contributed by atoms with Crippen molar-refractivity contribution < 1.29 is 0 Å². The molecular formula is C15H17N3. The van der Waals surface area contributed by atoms with E-state index in [4.69, 9.17) is 5.73 Å². The number of azo groups is 1. The van der Waals surface area contributed by atoms with Crippen molar-refractivity contribution in [2.45, 2.75) is 20.4 Å². The van der Waals surface area contributed by atoms with E-state index in [0.29, 0.717) is 6.54 Å². The normalized spacial score (nSPS) is 11.1. The van der Waals surface area contributed by atoms with E-state index in [1.807, 2.05) is 49.4 Å². The molecule has 0 saturated heterocycles. The zero-order valence-electron chi connectivity index (χ0n) is 10.7. The van der Waals surface area contributed by atoms with Crippen LogP contribution in [0, 0.1) is 13.8 Å². The predicted octanol–water partition coefficient (Wildman–Crippen LogP) is 4.18. The van der Waals surface area contributed by atoms with Crippen molar-refractivity contribution in [2.24, 2.45) is 16.0 Å². The van der Waals surface area contributed by atoms with Crippen LogP contribution in [0.15, 0.2) is 52.7 Å². The predicted molar refractivity (Wildman–Crippen MR) is 74.4 cm³/mol. The van der Waals surface area contributed by atoms with Crippen molar-refractivity contribution in [1.82, 2.24) is 0 Å². The zero-order valence-corrected chi connectivity index (χ0v) is 10.7. The Morgan fingerprint density at radius 3 is 2.17 bits per heavy atom. The molecule has 3 heteroatoms. The van der Waals surface area contributed by atoms with Gasteiger partial charge in [-0.15, -0.1) is 0 Å². The molecule has 0 unspecified atom stereocenters. The summed E-state index contributed by atoms with van der Waals surface area (Å²) in [5, 5.41) is 8.43. The van der Waals surface area contributed by atoms with Gasteiger partial charge in [0.15, 0.2) is 0 Å². The largest absolute Gasteiger partial charge is 0.326 e. The first-order chi connectivity index (χ1) is 8.69. The van der Waals surface area contributed by atoms with E-state index >= 15 is 0 Å². The fourth-order valence-corrected chi connectivity index (χ4v) is 1.67. The number of rotatable bonds is 3. The standard InChI is InChI=1S/C15H17N3/c1-11-3-6-14(7-4-11)17-18-15-8-5-12(2)13(9-15)10-16/h3-9H,10,16H2,1-2H3. The first-order valence-corrected chi connectivity index (χ1v) is 5.97. The zero-order chi connectivity index (χ0) is 13.0. The van der Waals surface area contributed by atoms with Crippen molar-refractivity contribution in [3.8, 4) is 0 Å². The average Bonchev–Trinajstić information content (AvgIpc) is 2.39. The molecule has 0 aliphatic rings. The Balaban J connectivity index is 2.20. The van der Waals surface area contributed by atoms with Gasteiger partial charge in [0.05, 0.1) is 11.4 Å². The second-order valence-corrected chi connectivity index (χ2v) is 4.35. The minimum absolute atomic E-state index is 0.528. The minimum atomic E-state index is 0.528. The van der Waals surface area contributed by atoms with Crippen LogP contribution in [0.2, 0.25) is 0 Å². The summed E-state index contributed by atoms with van der Waals surface area (Å²) in [5.74, 6) is 0. The Morgan fingerprint density at radius 2 is 1.50 bits per heavy atom. The van der Waals surface area contributed by atoms with Crippen molar-refractivity contribution in [3.63, 3.8) is 0 Å². The number of hydrogen-bond donors (Lipinski definition) is 1. The summed E-state index contributed by atoms with van der Waals surface area (Å²) in [6.07, 6.45) is 0. The molecule has 92 valence electrons. The van der Waals surface area contributed by atoms with Crippen LogP contribution in [0.5, 0.6) is 0 Å². The molecule has 0 saturated carbocycles. The van der Waals surface area contributed by atoms with E-state index in [1.165, 1.54) is 11.1 Å². The van der Waals surface area contributed by atoms with Crippen LogP contribution in [0.3, 0.4) is 0 Å². The topological polar surface area (TPSA) is 50.7 Å². The van der Waals surface area contributed by atoms with Gasteiger partial charge in [-0.3, -0.25) is 0 Å². The molecule has 2 aromatic carbocycles. The van der Waals surface area contributed by atoms with Crippen LogP contribution in [-0.2, 0) is 6.54 Å². The van der Waals surface area contributed by atoms with Gasteiger partial charge in [-0.2, -0.15) is 10.2 Å². The Morgan fingerprint density at radius 1 is 0.889 bits per heavy atom. The van der Waals surface area contributed by atoms with Gasteiger partial charge in [-0.1, -0.05) is 23.8 Å². The van der Waals surface area contributed by atoms with E-state index in [2.05, 4.69) is 17.2 Å². The van der Waals surface area contributed by atoms with Gasteiger partial charge < -0.3 is 5.73 Å². The van der Waals surface area contributed by atoms with Gasteiger partial charge in [-0.05, 0) is 49.2 Å². The maximum absolute atomic E-state index is 5.67. The summed E-state index contributed by atoms with van der Waals surface area (Å²) < 4.78 is 0. The summed E-state index contributed by atoms with van der Waals surface area (Å²) >= 11 is 0. The van der Waals surface area contributed by atoms with E-state index in [0.717, 1.165) is 16.9 Å². The molecule has 3 nitrogen and oxygen atoms in total. The fraction of sp³-hybridized carbons (Fsp3) is 0.200. The van der Waals surface area contributed by atoms with E-state index in [9.17, 15) is 0 Å². The van der Waals surface area contributed by atoms with Crippen molar-refractivity contribution in [1.29, 1.82) is 0 Å². The molecular weight excluding hydrogens is 222 g/mol. The monoisotopic (exact) mass is 239 g/mol. The molecule has 0 atom stereocenters. The summed E-state index contributed by atoms with van der Waals surface area (Å²) in [6.45, 7) is 4.62. The van der Waals surface area contributed by atoms with Crippen LogP contribution >= 0.6 is 0 Å².